The molecule has 2 N–H and O–H groups in total. The van der Waals surface area contributed by atoms with Gasteiger partial charge in [-0.2, -0.15) is 4.98 Å². The molecule has 1 aromatic carbocycles. The second kappa shape index (κ2) is 10.5. The average Bonchev–Trinajstić information content (AvgIpc) is 2.78. The van der Waals surface area contributed by atoms with E-state index in [9.17, 15) is 4.79 Å². The van der Waals surface area contributed by atoms with Crippen molar-refractivity contribution in [3.05, 3.63) is 58.2 Å². The molecular weight excluding hydrogens is 507 g/mol. The first-order chi connectivity index (χ1) is 14.9. The van der Waals surface area contributed by atoms with E-state index < -0.39 is 0 Å². The third-order valence-electron chi connectivity index (χ3n) is 4.80. The highest BCUT2D eigenvalue weighted by Crippen LogP contribution is 2.28. The van der Waals surface area contributed by atoms with Crippen molar-refractivity contribution in [1.29, 1.82) is 0 Å². The number of pyridine rings is 1. The monoisotopic (exact) mass is 532 g/mol. The van der Waals surface area contributed by atoms with E-state index in [1.807, 2.05) is 48.3 Å². The molecule has 9 heteroatoms. The third-order valence-corrected chi connectivity index (χ3v) is 5.62. The summed E-state index contributed by atoms with van der Waals surface area (Å²) in [5.41, 5.74) is 8.61. The van der Waals surface area contributed by atoms with Gasteiger partial charge in [0.15, 0.2) is 5.82 Å². The van der Waals surface area contributed by atoms with Crippen molar-refractivity contribution in [1.82, 2.24) is 19.9 Å². The fourth-order valence-electron chi connectivity index (χ4n) is 2.77. The van der Waals surface area contributed by atoms with Crippen LogP contribution in [-0.2, 0) is 11.3 Å². The summed E-state index contributed by atoms with van der Waals surface area (Å²) in [4.78, 5) is 28.2. The number of nitrogens with two attached hydrogens (primary N) is 1. The minimum absolute atomic E-state index is 0.0285. The lowest BCUT2D eigenvalue weighted by Gasteiger charge is -2.22. The standard InChI is InChI=1S/C22H25IN6O2/c1-15(30)28(2)10-11-29(3)20-13-25-14-21(27-20)31-18-7-4-16(5-8-18)19-9-6-17(12-24)26-22(19)23/h4-9,13-14H,10-12,24H2,1-3H3. The van der Waals surface area contributed by atoms with Gasteiger partial charge in [-0.3, -0.25) is 9.78 Å². The predicted molar refractivity (Wildman–Crippen MR) is 129 cm³/mol. The lowest BCUT2D eigenvalue weighted by atomic mass is 10.1. The Morgan fingerprint density at radius 1 is 1.06 bits per heavy atom. The highest BCUT2D eigenvalue weighted by molar-refractivity contribution is 14.1. The van der Waals surface area contributed by atoms with Gasteiger partial charge >= 0.3 is 0 Å². The Morgan fingerprint density at radius 2 is 1.81 bits per heavy atom. The van der Waals surface area contributed by atoms with Crippen LogP contribution < -0.4 is 15.4 Å². The number of anilines is 1. The Balaban J connectivity index is 1.68. The van der Waals surface area contributed by atoms with Crippen molar-refractivity contribution < 1.29 is 9.53 Å². The predicted octanol–water partition coefficient (Wildman–Crippen LogP) is 3.31. The lowest BCUT2D eigenvalue weighted by molar-refractivity contribution is -0.127. The van der Waals surface area contributed by atoms with E-state index in [0.29, 0.717) is 37.1 Å². The van der Waals surface area contributed by atoms with Gasteiger partial charge in [-0.05, 0) is 52.4 Å². The third kappa shape index (κ3) is 6.11. The van der Waals surface area contributed by atoms with Crippen LogP contribution >= 0.6 is 22.6 Å². The van der Waals surface area contributed by atoms with E-state index >= 15 is 0 Å². The normalized spacial score (nSPS) is 10.6. The second-order valence-corrected chi connectivity index (χ2v) is 8.07. The fraction of sp³-hybridized carbons (Fsp3) is 0.273. The van der Waals surface area contributed by atoms with Crippen LogP contribution in [0.25, 0.3) is 11.1 Å². The van der Waals surface area contributed by atoms with Gasteiger partial charge in [0.1, 0.15) is 9.45 Å². The number of carbonyl (C=O) groups is 1. The molecule has 0 aliphatic heterocycles. The number of benzene rings is 1. The lowest BCUT2D eigenvalue weighted by Crippen LogP contribution is -2.33. The Bertz CT molecular complexity index is 1040. The molecule has 0 unspecified atom stereocenters. The van der Waals surface area contributed by atoms with E-state index in [-0.39, 0.29) is 5.91 Å². The molecule has 0 fully saturated rings. The highest BCUT2D eigenvalue weighted by atomic mass is 127. The van der Waals surface area contributed by atoms with E-state index in [4.69, 9.17) is 10.5 Å². The second-order valence-electron chi connectivity index (χ2n) is 7.05. The van der Waals surface area contributed by atoms with Gasteiger partial charge in [-0.25, -0.2) is 4.98 Å². The highest BCUT2D eigenvalue weighted by Gasteiger charge is 2.10. The molecular formula is C22H25IN6O2. The van der Waals surface area contributed by atoms with Crippen LogP contribution in [0.5, 0.6) is 11.6 Å². The Hall–Kier alpha value is -2.79. The molecule has 2 aromatic heterocycles. The van der Waals surface area contributed by atoms with Crippen molar-refractivity contribution in [2.75, 3.05) is 32.1 Å². The number of nitrogens with zero attached hydrogens (tertiary/aromatic N) is 5. The first-order valence-corrected chi connectivity index (χ1v) is 10.8. The number of likely N-dealkylation sites (N-methyl/N-ethyl adjacent to an activating group) is 2. The van der Waals surface area contributed by atoms with Gasteiger partial charge in [0.2, 0.25) is 11.8 Å². The first kappa shape index (κ1) is 22.9. The molecule has 0 saturated heterocycles. The number of rotatable bonds is 8. The largest absolute Gasteiger partial charge is 0.437 e. The number of hydrogen-bond acceptors (Lipinski definition) is 7. The number of halogens is 1. The molecule has 3 rings (SSSR count). The summed E-state index contributed by atoms with van der Waals surface area (Å²) >= 11 is 2.22. The SMILES string of the molecule is CC(=O)N(C)CCN(C)c1cncc(Oc2ccc(-c3ccc(CN)nc3I)cc2)n1. The zero-order valence-electron chi connectivity index (χ0n) is 17.7. The topological polar surface area (TPSA) is 97.5 Å². The van der Waals surface area contributed by atoms with Crippen LogP contribution in [0.4, 0.5) is 5.82 Å². The number of carbonyl (C=O) groups excluding carboxylic acids is 1. The quantitative estimate of drug-likeness (QED) is 0.351. The van der Waals surface area contributed by atoms with Crippen LogP contribution in [0.1, 0.15) is 12.6 Å². The zero-order valence-corrected chi connectivity index (χ0v) is 19.9. The van der Waals surface area contributed by atoms with Crippen LogP contribution in [0.15, 0.2) is 48.8 Å². The smallest absolute Gasteiger partial charge is 0.239 e. The minimum Gasteiger partial charge on any atom is -0.437 e. The summed E-state index contributed by atoms with van der Waals surface area (Å²) in [7, 11) is 3.68. The van der Waals surface area contributed by atoms with E-state index in [2.05, 4.69) is 37.5 Å². The van der Waals surface area contributed by atoms with Gasteiger partial charge in [0.25, 0.3) is 0 Å². The molecule has 0 atom stereocenters. The average molecular weight is 532 g/mol. The minimum atomic E-state index is 0.0285. The molecule has 8 nitrogen and oxygen atoms in total. The number of ether oxygens (including phenoxy) is 1. The van der Waals surface area contributed by atoms with Crippen molar-refractivity contribution in [2.45, 2.75) is 13.5 Å². The van der Waals surface area contributed by atoms with Crippen LogP contribution in [-0.4, -0.2) is 52.9 Å². The van der Waals surface area contributed by atoms with Gasteiger partial charge in [-0.1, -0.05) is 12.1 Å². The van der Waals surface area contributed by atoms with Crippen molar-refractivity contribution >= 4 is 34.3 Å². The number of hydrogen-bond donors (Lipinski definition) is 1. The van der Waals surface area contributed by atoms with Crippen molar-refractivity contribution in [3.8, 4) is 22.8 Å². The van der Waals surface area contributed by atoms with E-state index in [1.165, 1.54) is 0 Å². The number of amides is 1. The maximum atomic E-state index is 11.4. The van der Waals surface area contributed by atoms with Gasteiger partial charge < -0.3 is 20.3 Å². The van der Waals surface area contributed by atoms with Crippen LogP contribution in [0.2, 0.25) is 0 Å². The van der Waals surface area contributed by atoms with E-state index in [0.717, 1.165) is 20.5 Å². The summed E-state index contributed by atoms with van der Waals surface area (Å²) in [6.07, 6.45) is 3.25. The molecule has 2 heterocycles. The molecule has 1 amide bonds. The Morgan fingerprint density at radius 3 is 2.45 bits per heavy atom. The van der Waals surface area contributed by atoms with Crippen molar-refractivity contribution in [2.24, 2.45) is 5.73 Å². The molecule has 0 aliphatic carbocycles. The molecule has 162 valence electrons. The van der Waals surface area contributed by atoms with Gasteiger partial charge in [0, 0.05) is 46.2 Å². The summed E-state index contributed by atoms with van der Waals surface area (Å²) in [5.74, 6) is 1.77. The molecule has 0 saturated carbocycles. The molecule has 0 bridgehead atoms. The summed E-state index contributed by atoms with van der Waals surface area (Å²) in [6.45, 7) is 3.20. The van der Waals surface area contributed by atoms with Gasteiger partial charge in [0.05, 0.1) is 18.1 Å². The molecule has 0 radical (unpaired) electrons. The Labute approximate surface area is 195 Å². The van der Waals surface area contributed by atoms with Crippen LogP contribution in [0, 0.1) is 3.70 Å². The maximum absolute atomic E-state index is 11.4. The Kier molecular flexibility index (Phi) is 7.75. The van der Waals surface area contributed by atoms with E-state index in [1.54, 1.807) is 31.3 Å². The zero-order chi connectivity index (χ0) is 22.4. The van der Waals surface area contributed by atoms with Crippen molar-refractivity contribution in [3.63, 3.8) is 0 Å². The number of aromatic nitrogens is 3. The molecule has 0 aliphatic rings. The molecule has 3 aromatic rings. The fourth-order valence-corrected chi connectivity index (χ4v) is 3.57. The molecule has 31 heavy (non-hydrogen) atoms. The first-order valence-electron chi connectivity index (χ1n) is 9.76. The van der Waals surface area contributed by atoms with Crippen LogP contribution in [0.3, 0.4) is 0 Å². The van der Waals surface area contributed by atoms with Gasteiger partial charge in [-0.15, -0.1) is 0 Å². The maximum Gasteiger partial charge on any atom is 0.239 e. The summed E-state index contributed by atoms with van der Waals surface area (Å²) in [5, 5.41) is 0. The summed E-state index contributed by atoms with van der Waals surface area (Å²) < 4.78 is 6.80. The molecule has 0 spiro atoms. The summed E-state index contributed by atoms with van der Waals surface area (Å²) in [6, 6.07) is 11.7.